The zero-order valence-electron chi connectivity index (χ0n) is 8.57. The van der Waals surface area contributed by atoms with Crippen molar-refractivity contribution in [1.82, 2.24) is 0 Å². The van der Waals surface area contributed by atoms with E-state index in [1.54, 1.807) is 6.07 Å². The maximum Gasteiger partial charge on any atom is 0.310 e. The molecule has 15 heavy (non-hydrogen) atoms. The van der Waals surface area contributed by atoms with Gasteiger partial charge in [-0.25, -0.2) is 0 Å². The molecule has 0 fully saturated rings. The van der Waals surface area contributed by atoms with Gasteiger partial charge in [0.2, 0.25) is 0 Å². The number of carbonyl (C=O) groups is 1. The van der Waals surface area contributed by atoms with Crippen LogP contribution in [-0.2, 0) is 16.0 Å². The van der Waals surface area contributed by atoms with E-state index in [0.717, 1.165) is 5.56 Å². The van der Waals surface area contributed by atoms with Crippen LogP contribution < -0.4 is 5.73 Å². The first-order chi connectivity index (χ1) is 7.19. The van der Waals surface area contributed by atoms with Gasteiger partial charge in [0, 0.05) is 11.6 Å². The highest BCUT2D eigenvalue weighted by atomic mass is 35.5. The van der Waals surface area contributed by atoms with Crippen LogP contribution in [0, 0.1) is 5.92 Å². The number of carbonyl (C=O) groups excluding carboxylic acids is 1. The number of ether oxygens (including phenoxy) is 1. The maximum absolute atomic E-state index is 11.3. The molecule has 1 aromatic carbocycles. The van der Waals surface area contributed by atoms with E-state index in [9.17, 15) is 4.79 Å². The van der Waals surface area contributed by atoms with Gasteiger partial charge in [-0.15, -0.1) is 0 Å². The number of rotatable bonds is 4. The molecule has 1 aromatic rings. The highest BCUT2D eigenvalue weighted by Crippen LogP contribution is 2.18. The monoisotopic (exact) mass is 227 g/mol. The summed E-state index contributed by atoms with van der Waals surface area (Å²) in [6.07, 6.45) is 0.517. The first-order valence-corrected chi connectivity index (χ1v) is 5.08. The number of nitrogens with two attached hydrogens (primary N) is 1. The summed E-state index contributed by atoms with van der Waals surface area (Å²) in [6.45, 7) is 0.262. The number of methoxy groups -OCH3 is 1. The van der Waals surface area contributed by atoms with Crippen molar-refractivity contribution in [2.45, 2.75) is 6.42 Å². The van der Waals surface area contributed by atoms with E-state index in [-0.39, 0.29) is 18.4 Å². The van der Waals surface area contributed by atoms with Crippen molar-refractivity contribution in [3.63, 3.8) is 0 Å². The molecule has 2 N–H and O–H groups in total. The Kier molecular flexibility index (Phi) is 4.59. The average Bonchev–Trinajstić information content (AvgIpc) is 2.27. The van der Waals surface area contributed by atoms with Gasteiger partial charge in [-0.05, 0) is 18.1 Å². The van der Waals surface area contributed by atoms with Gasteiger partial charge in [-0.2, -0.15) is 0 Å². The fourth-order valence-corrected chi connectivity index (χ4v) is 1.57. The lowest BCUT2D eigenvalue weighted by Crippen LogP contribution is -2.26. The summed E-state index contributed by atoms with van der Waals surface area (Å²) in [6, 6.07) is 7.41. The van der Waals surface area contributed by atoms with Gasteiger partial charge in [-0.1, -0.05) is 29.8 Å². The predicted octanol–water partition coefficient (Wildman–Crippen LogP) is 1.63. The third-order valence-corrected chi connectivity index (χ3v) is 2.61. The minimum atomic E-state index is -0.324. The Morgan fingerprint density at radius 3 is 2.73 bits per heavy atom. The van der Waals surface area contributed by atoms with Crippen LogP contribution in [0.15, 0.2) is 24.3 Å². The van der Waals surface area contributed by atoms with Crippen LogP contribution in [0.5, 0.6) is 0 Å². The quantitative estimate of drug-likeness (QED) is 0.796. The van der Waals surface area contributed by atoms with Gasteiger partial charge in [0.25, 0.3) is 0 Å². The summed E-state index contributed by atoms with van der Waals surface area (Å²) in [5.41, 5.74) is 6.42. The van der Waals surface area contributed by atoms with E-state index in [1.807, 2.05) is 18.2 Å². The predicted molar refractivity (Wildman–Crippen MR) is 59.7 cm³/mol. The summed E-state index contributed by atoms with van der Waals surface area (Å²) >= 11 is 5.98. The zero-order chi connectivity index (χ0) is 11.3. The summed E-state index contributed by atoms with van der Waals surface area (Å²) in [5.74, 6) is -0.618. The molecule has 0 aliphatic rings. The smallest absolute Gasteiger partial charge is 0.310 e. The normalized spacial score (nSPS) is 12.2. The summed E-state index contributed by atoms with van der Waals surface area (Å²) < 4.78 is 4.65. The summed E-state index contributed by atoms with van der Waals surface area (Å²) in [5, 5.41) is 0.653. The molecule has 0 saturated carbocycles. The second kappa shape index (κ2) is 5.73. The third kappa shape index (κ3) is 3.22. The molecule has 0 aliphatic heterocycles. The second-order valence-corrected chi connectivity index (χ2v) is 3.66. The Hall–Kier alpha value is -1.06. The standard InChI is InChI=1S/C11H14ClNO2/c1-15-11(14)9(7-13)6-8-4-2-3-5-10(8)12/h2-5,9H,6-7,13H2,1H3. The van der Waals surface area contributed by atoms with Crippen LogP contribution in [0.1, 0.15) is 5.56 Å². The van der Waals surface area contributed by atoms with Crippen molar-refractivity contribution in [2.24, 2.45) is 11.7 Å². The molecule has 4 heteroatoms. The molecule has 1 unspecified atom stereocenters. The lowest BCUT2D eigenvalue weighted by molar-refractivity contribution is -0.145. The number of hydrogen-bond acceptors (Lipinski definition) is 3. The largest absolute Gasteiger partial charge is 0.469 e. The van der Waals surface area contributed by atoms with Crippen molar-refractivity contribution in [3.8, 4) is 0 Å². The Balaban J connectivity index is 2.75. The fourth-order valence-electron chi connectivity index (χ4n) is 1.36. The molecular weight excluding hydrogens is 214 g/mol. The Morgan fingerprint density at radius 1 is 1.53 bits per heavy atom. The Labute approximate surface area is 94.2 Å². The fraction of sp³-hybridized carbons (Fsp3) is 0.364. The Morgan fingerprint density at radius 2 is 2.20 bits per heavy atom. The molecule has 1 rings (SSSR count). The van der Waals surface area contributed by atoms with Gasteiger partial charge in [0.1, 0.15) is 0 Å². The third-order valence-electron chi connectivity index (χ3n) is 2.24. The van der Waals surface area contributed by atoms with E-state index in [4.69, 9.17) is 17.3 Å². The average molecular weight is 228 g/mol. The van der Waals surface area contributed by atoms with E-state index in [0.29, 0.717) is 11.4 Å². The molecule has 3 nitrogen and oxygen atoms in total. The Bertz CT molecular complexity index is 341. The SMILES string of the molecule is COC(=O)C(CN)Cc1ccccc1Cl. The van der Waals surface area contributed by atoms with Crippen LogP contribution >= 0.6 is 11.6 Å². The lowest BCUT2D eigenvalue weighted by atomic mass is 9.99. The van der Waals surface area contributed by atoms with E-state index in [2.05, 4.69) is 4.74 Å². The van der Waals surface area contributed by atoms with Crippen molar-refractivity contribution >= 4 is 17.6 Å². The summed E-state index contributed by atoms with van der Waals surface area (Å²) in [7, 11) is 1.36. The number of benzene rings is 1. The molecule has 82 valence electrons. The first kappa shape index (κ1) is 12.0. The van der Waals surface area contributed by atoms with Gasteiger partial charge >= 0.3 is 5.97 Å². The van der Waals surface area contributed by atoms with Crippen molar-refractivity contribution < 1.29 is 9.53 Å². The van der Waals surface area contributed by atoms with Gasteiger partial charge in [0.15, 0.2) is 0 Å². The topological polar surface area (TPSA) is 52.3 Å². The minimum Gasteiger partial charge on any atom is -0.469 e. The van der Waals surface area contributed by atoms with E-state index < -0.39 is 0 Å². The summed E-state index contributed by atoms with van der Waals surface area (Å²) in [4.78, 5) is 11.3. The van der Waals surface area contributed by atoms with Crippen LogP contribution in [-0.4, -0.2) is 19.6 Å². The molecular formula is C11H14ClNO2. The molecule has 0 bridgehead atoms. The van der Waals surface area contributed by atoms with Crippen LogP contribution in [0.25, 0.3) is 0 Å². The van der Waals surface area contributed by atoms with E-state index >= 15 is 0 Å². The molecule has 0 saturated heterocycles. The molecule has 0 aliphatic carbocycles. The van der Waals surface area contributed by atoms with Gasteiger partial charge in [-0.3, -0.25) is 4.79 Å². The van der Waals surface area contributed by atoms with Crippen LogP contribution in [0.3, 0.4) is 0 Å². The molecule has 0 heterocycles. The first-order valence-electron chi connectivity index (χ1n) is 4.70. The number of hydrogen-bond donors (Lipinski definition) is 1. The van der Waals surface area contributed by atoms with Crippen LogP contribution in [0.4, 0.5) is 0 Å². The highest BCUT2D eigenvalue weighted by molar-refractivity contribution is 6.31. The molecule has 1 atom stereocenters. The second-order valence-electron chi connectivity index (χ2n) is 3.25. The van der Waals surface area contributed by atoms with Crippen LogP contribution in [0.2, 0.25) is 5.02 Å². The maximum atomic E-state index is 11.3. The van der Waals surface area contributed by atoms with Gasteiger partial charge < -0.3 is 10.5 Å². The van der Waals surface area contributed by atoms with Crippen molar-refractivity contribution in [1.29, 1.82) is 0 Å². The molecule has 0 aromatic heterocycles. The zero-order valence-corrected chi connectivity index (χ0v) is 9.33. The number of halogens is 1. The van der Waals surface area contributed by atoms with E-state index in [1.165, 1.54) is 7.11 Å². The minimum absolute atomic E-state index is 0.262. The number of esters is 1. The lowest BCUT2D eigenvalue weighted by Gasteiger charge is -2.12. The van der Waals surface area contributed by atoms with Crippen molar-refractivity contribution in [2.75, 3.05) is 13.7 Å². The highest BCUT2D eigenvalue weighted by Gasteiger charge is 2.18. The van der Waals surface area contributed by atoms with Gasteiger partial charge in [0.05, 0.1) is 13.0 Å². The molecule has 0 spiro atoms. The van der Waals surface area contributed by atoms with Crippen molar-refractivity contribution in [3.05, 3.63) is 34.9 Å². The molecule has 0 amide bonds. The molecule has 0 radical (unpaired) electrons.